The largest absolute Gasteiger partial charge is 0.465 e. The minimum absolute atomic E-state index is 0.327. The fourth-order valence-electron chi connectivity index (χ4n) is 2.50. The Hall–Kier alpha value is -2.35. The van der Waals surface area contributed by atoms with Gasteiger partial charge in [-0.15, -0.1) is 0 Å². The second-order valence-electron chi connectivity index (χ2n) is 5.16. The van der Waals surface area contributed by atoms with E-state index >= 15 is 0 Å². The van der Waals surface area contributed by atoms with Crippen molar-refractivity contribution in [3.63, 3.8) is 0 Å². The van der Waals surface area contributed by atoms with Crippen LogP contribution in [0.25, 0.3) is 0 Å². The molecule has 5 nitrogen and oxygen atoms in total. The minimum Gasteiger partial charge on any atom is -0.465 e. The molecule has 2 rings (SSSR count). The van der Waals surface area contributed by atoms with Crippen LogP contribution in [0.2, 0.25) is 0 Å². The first-order valence-corrected chi connectivity index (χ1v) is 6.93. The number of methoxy groups -OCH3 is 1. The highest BCUT2D eigenvalue weighted by atomic mass is 16.5. The third kappa shape index (κ3) is 3.22. The minimum atomic E-state index is -1.03. The summed E-state index contributed by atoms with van der Waals surface area (Å²) in [6.07, 6.45) is 3.86. The Morgan fingerprint density at radius 3 is 2.29 bits per heavy atom. The number of nitrogens with zero attached hydrogens (tertiary/aromatic N) is 1. The van der Waals surface area contributed by atoms with Gasteiger partial charge in [0.2, 0.25) is 0 Å². The van der Waals surface area contributed by atoms with Gasteiger partial charge in [0.25, 0.3) is 0 Å². The average molecular weight is 287 g/mol. The fraction of sp³-hybridized carbons (Fsp3) is 0.438. The van der Waals surface area contributed by atoms with Crippen LogP contribution in [0.1, 0.15) is 42.5 Å². The predicted octanol–water partition coefficient (Wildman–Crippen LogP) is 2.85. The van der Waals surface area contributed by atoms with E-state index in [0.717, 1.165) is 19.3 Å². The molecular weight excluding hydrogens is 270 g/mol. The molecule has 1 fully saturated rings. The maximum Gasteiger partial charge on any atom is 0.337 e. The van der Waals surface area contributed by atoms with Crippen molar-refractivity contribution in [3.05, 3.63) is 29.8 Å². The van der Waals surface area contributed by atoms with Crippen LogP contribution in [0.5, 0.6) is 5.75 Å². The van der Waals surface area contributed by atoms with E-state index in [1.165, 1.54) is 31.4 Å². The van der Waals surface area contributed by atoms with E-state index in [4.69, 9.17) is 4.74 Å². The normalized spacial score (nSPS) is 16.6. The van der Waals surface area contributed by atoms with Crippen LogP contribution in [0.15, 0.2) is 24.3 Å². The van der Waals surface area contributed by atoms with Gasteiger partial charge in [0.05, 0.1) is 18.7 Å². The number of hydrogen-bond acceptors (Lipinski definition) is 5. The highest BCUT2D eigenvalue weighted by Gasteiger charge is 2.41. The monoisotopic (exact) mass is 287 g/mol. The number of benzene rings is 1. The van der Waals surface area contributed by atoms with Gasteiger partial charge in [0, 0.05) is 0 Å². The molecule has 0 heterocycles. The molecular formula is C16H17NO4. The smallest absolute Gasteiger partial charge is 0.337 e. The van der Waals surface area contributed by atoms with Gasteiger partial charge in [-0.3, -0.25) is 0 Å². The molecule has 0 spiro atoms. The lowest BCUT2D eigenvalue weighted by Crippen LogP contribution is -2.35. The van der Waals surface area contributed by atoms with Crippen molar-refractivity contribution in [2.45, 2.75) is 32.1 Å². The highest BCUT2D eigenvalue weighted by Crippen LogP contribution is 2.37. The first-order chi connectivity index (χ1) is 10.1. The van der Waals surface area contributed by atoms with Crippen LogP contribution in [0, 0.1) is 16.7 Å². The molecule has 0 atom stereocenters. The average Bonchev–Trinajstić information content (AvgIpc) is 2.55. The third-order valence-electron chi connectivity index (χ3n) is 3.80. The zero-order valence-corrected chi connectivity index (χ0v) is 11.9. The van der Waals surface area contributed by atoms with Gasteiger partial charge in [-0.25, -0.2) is 9.59 Å². The van der Waals surface area contributed by atoms with Gasteiger partial charge in [-0.2, -0.15) is 5.26 Å². The Morgan fingerprint density at radius 2 is 1.76 bits per heavy atom. The molecule has 0 radical (unpaired) electrons. The predicted molar refractivity (Wildman–Crippen MR) is 74.5 cm³/mol. The Morgan fingerprint density at radius 1 is 1.14 bits per heavy atom. The first-order valence-electron chi connectivity index (χ1n) is 6.93. The number of ether oxygens (including phenoxy) is 2. The summed E-state index contributed by atoms with van der Waals surface area (Å²) in [6, 6.07) is 8.22. The quantitative estimate of drug-likeness (QED) is 0.631. The summed E-state index contributed by atoms with van der Waals surface area (Å²) in [4.78, 5) is 23.6. The topological polar surface area (TPSA) is 76.4 Å². The van der Waals surface area contributed by atoms with Gasteiger partial charge in [-0.05, 0) is 37.1 Å². The van der Waals surface area contributed by atoms with Crippen molar-refractivity contribution in [2.75, 3.05) is 7.11 Å². The number of carbonyl (C=O) groups excluding carboxylic acids is 2. The summed E-state index contributed by atoms with van der Waals surface area (Å²) in [5.41, 5.74) is -0.649. The second-order valence-corrected chi connectivity index (χ2v) is 5.16. The number of esters is 2. The lowest BCUT2D eigenvalue weighted by atomic mass is 9.75. The number of hydrogen-bond donors (Lipinski definition) is 0. The standard InChI is InChI=1S/C16H17NO4/c1-20-14(18)12-5-7-13(8-6-12)21-15(19)16(11-17)9-3-2-4-10-16/h5-8H,2-4,9-10H2,1H3. The Kier molecular flexibility index (Phi) is 4.59. The summed E-state index contributed by atoms with van der Waals surface area (Å²) >= 11 is 0. The molecule has 1 aliphatic carbocycles. The Balaban J connectivity index is 2.08. The van der Waals surface area contributed by atoms with Gasteiger partial charge in [0.15, 0.2) is 5.41 Å². The van der Waals surface area contributed by atoms with E-state index in [0.29, 0.717) is 24.2 Å². The number of carbonyl (C=O) groups is 2. The van der Waals surface area contributed by atoms with E-state index in [-0.39, 0.29) is 0 Å². The molecule has 1 aromatic carbocycles. The van der Waals surface area contributed by atoms with Crippen LogP contribution in [-0.4, -0.2) is 19.0 Å². The molecule has 0 bridgehead atoms. The molecule has 0 amide bonds. The summed E-state index contributed by atoms with van der Waals surface area (Å²) in [7, 11) is 1.30. The van der Waals surface area contributed by atoms with Gasteiger partial charge in [-0.1, -0.05) is 19.3 Å². The molecule has 21 heavy (non-hydrogen) atoms. The maximum absolute atomic E-state index is 12.3. The zero-order chi connectivity index (χ0) is 15.3. The van der Waals surface area contributed by atoms with Crippen LogP contribution in [-0.2, 0) is 9.53 Å². The first kappa shape index (κ1) is 15.0. The van der Waals surface area contributed by atoms with Crippen molar-refractivity contribution in [1.82, 2.24) is 0 Å². The highest BCUT2D eigenvalue weighted by molar-refractivity contribution is 5.89. The Labute approximate surface area is 123 Å². The second kappa shape index (κ2) is 6.40. The van der Waals surface area contributed by atoms with Crippen LogP contribution < -0.4 is 4.74 Å². The summed E-state index contributed by atoms with van der Waals surface area (Å²) in [5, 5.41) is 9.33. The molecule has 0 unspecified atom stereocenters. The van der Waals surface area contributed by atoms with Crippen molar-refractivity contribution in [3.8, 4) is 11.8 Å². The maximum atomic E-state index is 12.3. The summed E-state index contributed by atoms with van der Waals surface area (Å²) in [5.74, 6) is -0.628. The van der Waals surface area contributed by atoms with Crippen molar-refractivity contribution < 1.29 is 19.1 Å². The fourth-order valence-corrected chi connectivity index (χ4v) is 2.50. The summed E-state index contributed by atoms with van der Waals surface area (Å²) in [6.45, 7) is 0. The molecule has 1 aromatic rings. The molecule has 0 aromatic heterocycles. The molecule has 110 valence electrons. The van der Waals surface area contributed by atoms with Crippen LogP contribution in [0.3, 0.4) is 0 Å². The van der Waals surface area contributed by atoms with E-state index in [2.05, 4.69) is 10.8 Å². The van der Waals surface area contributed by atoms with Gasteiger partial charge in [0.1, 0.15) is 5.75 Å². The van der Waals surface area contributed by atoms with Crippen LogP contribution in [0.4, 0.5) is 0 Å². The SMILES string of the molecule is COC(=O)c1ccc(OC(=O)C2(C#N)CCCCC2)cc1. The Bertz CT molecular complexity index is 565. The van der Waals surface area contributed by atoms with Crippen molar-refractivity contribution in [2.24, 2.45) is 5.41 Å². The number of rotatable bonds is 3. The van der Waals surface area contributed by atoms with E-state index in [1.54, 1.807) is 0 Å². The molecule has 1 saturated carbocycles. The van der Waals surface area contributed by atoms with E-state index in [9.17, 15) is 14.9 Å². The third-order valence-corrected chi connectivity index (χ3v) is 3.80. The zero-order valence-electron chi connectivity index (χ0n) is 11.9. The number of nitriles is 1. The summed E-state index contributed by atoms with van der Waals surface area (Å²) < 4.78 is 9.90. The van der Waals surface area contributed by atoms with Crippen molar-refractivity contribution in [1.29, 1.82) is 5.26 Å². The lowest BCUT2D eigenvalue weighted by molar-refractivity contribution is -0.144. The molecule has 0 aliphatic heterocycles. The molecule has 0 N–H and O–H groups in total. The molecule has 5 heteroatoms. The van der Waals surface area contributed by atoms with Gasteiger partial charge >= 0.3 is 11.9 Å². The van der Waals surface area contributed by atoms with E-state index < -0.39 is 17.4 Å². The van der Waals surface area contributed by atoms with Crippen molar-refractivity contribution >= 4 is 11.9 Å². The van der Waals surface area contributed by atoms with Crippen LogP contribution >= 0.6 is 0 Å². The molecule has 0 saturated heterocycles. The lowest BCUT2D eigenvalue weighted by Gasteiger charge is -2.27. The van der Waals surface area contributed by atoms with E-state index in [1.807, 2.05) is 0 Å². The van der Waals surface area contributed by atoms with Gasteiger partial charge < -0.3 is 9.47 Å². The molecule has 1 aliphatic rings.